The lowest BCUT2D eigenvalue weighted by Crippen LogP contribution is -2.40. The monoisotopic (exact) mass is 170 g/mol. The number of nitrogens with one attached hydrogen (secondary N) is 1. The number of likely N-dealkylation sites (tertiary alicyclic amines) is 1. The predicted molar refractivity (Wildman–Crippen MR) is 53.3 cm³/mol. The Kier molecular flexibility index (Phi) is 3.53. The molecule has 2 atom stereocenters. The normalized spacial score (nSPS) is 28.2. The Morgan fingerprint density at radius 2 is 2.00 bits per heavy atom. The average Bonchev–Trinajstić information content (AvgIpc) is 2.35. The first kappa shape index (κ1) is 10.0. The number of hydrogen-bond donors (Lipinski definition) is 1. The molecule has 72 valence electrons. The van der Waals surface area contributed by atoms with Crippen molar-refractivity contribution in [3.05, 3.63) is 0 Å². The highest BCUT2D eigenvalue weighted by molar-refractivity contribution is 4.81. The first-order chi connectivity index (χ1) is 5.59. The molecule has 0 radical (unpaired) electrons. The largest absolute Gasteiger partial charge is 0.310 e. The zero-order valence-electron chi connectivity index (χ0n) is 8.80. The summed E-state index contributed by atoms with van der Waals surface area (Å²) in [5, 5.41) is 3.67. The molecule has 0 spiro atoms. The van der Waals surface area contributed by atoms with E-state index in [-0.39, 0.29) is 0 Å². The minimum atomic E-state index is 0.654. The Morgan fingerprint density at radius 3 is 2.42 bits per heavy atom. The van der Waals surface area contributed by atoms with E-state index >= 15 is 0 Å². The summed E-state index contributed by atoms with van der Waals surface area (Å²) >= 11 is 0. The van der Waals surface area contributed by atoms with Gasteiger partial charge in [0.15, 0.2) is 0 Å². The Balaban J connectivity index is 2.23. The maximum atomic E-state index is 3.67. The molecule has 2 heteroatoms. The lowest BCUT2D eigenvalue weighted by Gasteiger charge is -2.22. The van der Waals surface area contributed by atoms with Crippen LogP contribution in [0.5, 0.6) is 0 Å². The standard InChI is InChI=1S/C10H22N2/c1-8(2)9(3)11-10-5-6-12(4)7-10/h8-11H,5-7H2,1-4H3/t9-,10+/m0/s1. The maximum absolute atomic E-state index is 3.67. The fourth-order valence-corrected chi connectivity index (χ4v) is 1.64. The molecule has 0 saturated carbocycles. The third kappa shape index (κ3) is 2.76. The molecule has 0 bridgehead atoms. The fourth-order valence-electron chi connectivity index (χ4n) is 1.64. The van der Waals surface area contributed by atoms with Crippen LogP contribution >= 0.6 is 0 Å². The van der Waals surface area contributed by atoms with Crippen LogP contribution < -0.4 is 5.32 Å². The molecular formula is C10H22N2. The van der Waals surface area contributed by atoms with Crippen LogP contribution in [0.2, 0.25) is 0 Å². The summed E-state index contributed by atoms with van der Waals surface area (Å²) in [5.74, 6) is 0.746. The average molecular weight is 170 g/mol. The number of nitrogens with zero attached hydrogens (tertiary/aromatic N) is 1. The van der Waals surface area contributed by atoms with Crippen molar-refractivity contribution in [2.45, 2.75) is 39.3 Å². The van der Waals surface area contributed by atoms with Gasteiger partial charge in [0.2, 0.25) is 0 Å². The Bertz CT molecular complexity index is 134. The van der Waals surface area contributed by atoms with Gasteiger partial charge >= 0.3 is 0 Å². The second-order valence-corrected chi connectivity index (χ2v) is 4.45. The van der Waals surface area contributed by atoms with E-state index in [2.05, 4.69) is 38.0 Å². The fraction of sp³-hybridized carbons (Fsp3) is 1.00. The van der Waals surface area contributed by atoms with E-state index < -0.39 is 0 Å². The molecule has 1 heterocycles. The highest BCUT2D eigenvalue weighted by Gasteiger charge is 2.21. The summed E-state index contributed by atoms with van der Waals surface area (Å²) < 4.78 is 0. The minimum Gasteiger partial charge on any atom is -0.310 e. The zero-order chi connectivity index (χ0) is 9.14. The molecule has 0 aromatic rings. The van der Waals surface area contributed by atoms with Crippen molar-refractivity contribution in [3.8, 4) is 0 Å². The van der Waals surface area contributed by atoms with Gasteiger partial charge in [0, 0.05) is 18.6 Å². The van der Waals surface area contributed by atoms with Crippen molar-refractivity contribution in [1.29, 1.82) is 0 Å². The molecule has 1 rings (SSSR count). The van der Waals surface area contributed by atoms with Crippen molar-refractivity contribution in [3.63, 3.8) is 0 Å². The molecule has 1 N–H and O–H groups in total. The lowest BCUT2D eigenvalue weighted by atomic mass is 10.1. The van der Waals surface area contributed by atoms with Gasteiger partial charge in [-0.05, 0) is 32.9 Å². The number of likely N-dealkylation sites (N-methyl/N-ethyl adjacent to an activating group) is 1. The van der Waals surface area contributed by atoms with Crippen LogP contribution in [0.3, 0.4) is 0 Å². The van der Waals surface area contributed by atoms with Gasteiger partial charge in [-0.1, -0.05) is 13.8 Å². The van der Waals surface area contributed by atoms with Gasteiger partial charge < -0.3 is 10.2 Å². The molecule has 1 aliphatic heterocycles. The van der Waals surface area contributed by atoms with E-state index in [0.717, 1.165) is 12.0 Å². The second-order valence-electron chi connectivity index (χ2n) is 4.45. The van der Waals surface area contributed by atoms with Crippen LogP contribution in [0.15, 0.2) is 0 Å². The van der Waals surface area contributed by atoms with Gasteiger partial charge in [-0.2, -0.15) is 0 Å². The minimum absolute atomic E-state index is 0.654. The zero-order valence-corrected chi connectivity index (χ0v) is 8.80. The van der Waals surface area contributed by atoms with Gasteiger partial charge in [0.1, 0.15) is 0 Å². The van der Waals surface area contributed by atoms with Gasteiger partial charge in [-0.3, -0.25) is 0 Å². The van der Waals surface area contributed by atoms with E-state index in [1.807, 2.05) is 0 Å². The maximum Gasteiger partial charge on any atom is 0.0209 e. The van der Waals surface area contributed by atoms with Crippen molar-refractivity contribution in [2.75, 3.05) is 20.1 Å². The summed E-state index contributed by atoms with van der Waals surface area (Å²) in [6, 6.07) is 1.38. The first-order valence-corrected chi connectivity index (χ1v) is 5.04. The molecular weight excluding hydrogens is 148 g/mol. The van der Waals surface area contributed by atoms with E-state index in [4.69, 9.17) is 0 Å². The molecule has 0 aliphatic carbocycles. The van der Waals surface area contributed by atoms with Gasteiger partial charge in [-0.15, -0.1) is 0 Å². The van der Waals surface area contributed by atoms with Crippen LogP contribution in [0, 0.1) is 5.92 Å². The van der Waals surface area contributed by atoms with E-state index in [9.17, 15) is 0 Å². The SMILES string of the molecule is CC(C)[C@H](C)N[C@@H]1CCN(C)C1. The molecule has 0 aromatic carbocycles. The third-order valence-corrected chi connectivity index (χ3v) is 2.89. The van der Waals surface area contributed by atoms with Crippen molar-refractivity contribution in [1.82, 2.24) is 10.2 Å². The molecule has 2 nitrogen and oxygen atoms in total. The molecule has 1 fully saturated rings. The molecule has 0 amide bonds. The third-order valence-electron chi connectivity index (χ3n) is 2.89. The molecule has 1 saturated heterocycles. The number of rotatable bonds is 3. The van der Waals surface area contributed by atoms with Gasteiger partial charge in [-0.25, -0.2) is 0 Å². The van der Waals surface area contributed by atoms with Crippen molar-refractivity contribution >= 4 is 0 Å². The Labute approximate surface area is 76.3 Å². The highest BCUT2D eigenvalue weighted by atomic mass is 15.2. The van der Waals surface area contributed by atoms with Crippen LogP contribution in [0.25, 0.3) is 0 Å². The summed E-state index contributed by atoms with van der Waals surface area (Å²) in [4.78, 5) is 2.39. The molecule has 12 heavy (non-hydrogen) atoms. The quantitative estimate of drug-likeness (QED) is 0.687. The Hall–Kier alpha value is -0.0800. The summed E-state index contributed by atoms with van der Waals surface area (Å²) in [7, 11) is 2.20. The van der Waals surface area contributed by atoms with Gasteiger partial charge in [0.25, 0.3) is 0 Å². The van der Waals surface area contributed by atoms with Crippen molar-refractivity contribution in [2.24, 2.45) is 5.92 Å². The predicted octanol–water partition coefficient (Wildman–Crippen LogP) is 1.32. The van der Waals surface area contributed by atoms with E-state index in [1.54, 1.807) is 0 Å². The Morgan fingerprint density at radius 1 is 1.33 bits per heavy atom. The van der Waals surface area contributed by atoms with Crippen LogP contribution in [-0.4, -0.2) is 37.1 Å². The van der Waals surface area contributed by atoms with E-state index in [0.29, 0.717) is 6.04 Å². The highest BCUT2D eigenvalue weighted by Crippen LogP contribution is 2.09. The number of hydrogen-bond acceptors (Lipinski definition) is 2. The molecule has 0 unspecified atom stereocenters. The topological polar surface area (TPSA) is 15.3 Å². The lowest BCUT2D eigenvalue weighted by molar-refractivity contribution is 0.353. The van der Waals surface area contributed by atoms with Crippen LogP contribution in [-0.2, 0) is 0 Å². The molecule has 1 aliphatic rings. The smallest absolute Gasteiger partial charge is 0.0209 e. The van der Waals surface area contributed by atoms with Crippen molar-refractivity contribution < 1.29 is 0 Å². The second kappa shape index (κ2) is 4.24. The van der Waals surface area contributed by atoms with Gasteiger partial charge in [0.05, 0.1) is 0 Å². The summed E-state index contributed by atoms with van der Waals surface area (Å²) in [6.07, 6.45) is 1.31. The van der Waals surface area contributed by atoms with E-state index in [1.165, 1.54) is 19.5 Å². The van der Waals surface area contributed by atoms with Crippen LogP contribution in [0.1, 0.15) is 27.2 Å². The summed E-state index contributed by atoms with van der Waals surface area (Å²) in [5.41, 5.74) is 0. The first-order valence-electron chi connectivity index (χ1n) is 5.04. The summed E-state index contributed by atoms with van der Waals surface area (Å²) in [6.45, 7) is 9.30. The van der Waals surface area contributed by atoms with Crippen LogP contribution in [0.4, 0.5) is 0 Å². The molecule has 0 aromatic heterocycles.